The fraction of sp³-hybridized carbons (Fsp3) is 0.429. The lowest BCUT2D eigenvalue weighted by molar-refractivity contribution is 0.0952. The number of nitrogens with one attached hydrogen (secondary N) is 1. The molecule has 3 heteroatoms. The molecule has 1 aromatic carbocycles. The van der Waals surface area contributed by atoms with E-state index < -0.39 is 0 Å². The van der Waals surface area contributed by atoms with Crippen molar-refractivity contribution in [3.8, 4) is 6.07 Å². The molecule has 1 amide bonds. The number of nitriles is 1. The fourth-order valence-corrected chi connectivity index (χ4v) is 1.69. The second kappa shape index (κ2) is 6.70. The van der Waals surface area contributed by atoms with Crippen molar-refractivity contribution in [3.05, 3.63) is 34.9 Å². The minimum Gasteiger partial charge on any atom is -0.352 e. The Hall–Kier alpha value is -1.82. The lowest BCUT2D eigenvalue weighted by Gasteiger charge is -2.07. The first-order valence-corrected chi connectivity index (χ1v) is 5.87. The largest absolute Gasteiger partial charge is 0.352 e. The molecule has 17 heavy (non-hydrogen) atoms. The first kappa shape index (κ1) is 13.2. The van der Waals surface area contributed by atoms with Crippen LogP contribution in [0.1, 0.15) is 40.7 Å². The zero-order valence-electron chi connectivity index (χ0n) is 10.4. The van der Waals surface area contributed by atoms with E-state index >= 15 is 0 Å². The summed E-state index contributed by atoms with van der Waals surface area (Å²) in [5.41, 5.74) is 2.89. The van der Waals surface area contributed by atoms with Gasteiger partial charge in [0.2, 0.25) is 0 Å². The number of carbonyl (C=O) groups excluding carboxylic acids is 1. The Labute approximate surface area is 102 Å². The molecule has 0 fully saturated rings. The molecule has 0 unspecified atom stereocenters. The first-order chi connectivity index (χ1) is 8.15. The molecule has 0 bridgehead atoms. The van der Waals surface area contributed by atoms with Gasteiger partial charge in [0.05, 0.1) is 6.07 Å². The van der Waals surface area contributed by atoms with Crippen LogP contribution in [-0.4, -0.2) is 12.5 Å². The van der Waals surface area contributed by atoms with Gasteiger partial charge in [-0.25, -0.2) is 0 Å². The van der Waals surface area contributed by atoms with Crippen molar-refractivity contribution < 1.29 is 4.79 Å². The van der Waals surface area contributed by atoms with Crippen LogP contribution in [0.25, 0.3) is 0 Å². The number of amides is 1. The van der Waals surface area contributed by atoms with Crippen molar-refractivity contribution in [3.63, 3.8) is 0 Å². The number of rotatable bonds is 5. The van der Waals surface area contributed by atoms with Gasteiger partial charge in [-0.05, 0) is 38.3 Å². The standard InChI is InChI=1S/C14H18N2O/c1-11-6-7-13(12(2)10-11)14(17)16-9-5-3-4-8-15/h6-7,10H,3-5,9H2,1-2H3,(H,16,17). The quantitative estimate of drug-likeness (QED) is 0.791. The van der Waals surface area contributed by atoms with Crippen molar-refractivity contribution in [2.75, 3.05) is 6.54 Å². The van der Waals surface area contributed by atoms with Crippen LogP contribution < -0.4 is 5.32 Å². The Morgan fingerprint density at radius 3 is 2.76 bits per heavy atom. The molecule has 1 N–H and O–H groups in total. The predicted molar refractivity (Wildman–Crippen MR) is 67.7 cm³/mol. The average Bonchev–Trinajstić information content (AvgIpc) is 2.28. The number of benzene rings is 1. The Bertz CT molecular complexity index is 432. The van der Waals surface area contributed by atoms with Crippen LogP contribution in [0.4, 0.5) is 0 Å². The van der Waals surface area contributed by atoms with Crippen molar-refractivity contribution in [1.82, 2.24) is 5.32 Å². The van der Waals surface area contributed by atoms with Crippen molar-refractivity contribution in [2.45, 2.75) is 33.1 Å². The third kappa shape index (κ3) is 4.28. The summed E-state index contributed by atoms with van der Waals surface area (Å²) in [6.07, 6.45) is 2.24. The smallest absolute Gasteiger partial charge is 0.251 e. The van der Waals surface area contributed by atoms with Crippen LogP contribution in [0.3, 0.4) is 0 Å². The molecule has 0 saturated heterocycles. The Balaban J connectivity index is 2.45. The van der Waals surface area contributed by atoms with Crippen LogP contribution >= 0.6 is 0 Å². The maximum Gasteiger partial charge on any atom is 0.251 e. The van der Waals surface area contributed by atoms with Gasteiger partial charge < -0.3 is 5.32 Å². The summed E-state index contributed by atoms with van der Waals surface area (Å²) in [4.78, 5) is 11.8. The van der Waals surface area contributed by atoms with Gasteiger partial charge in [-0.15, -0.1) is 0 Å². The molecular formula is C14H18N2O. The summed E-state index contributed by atoms with van der Waals surface area (Å²) < 4.78 is 0. The predicted octanol–water partition coefficient (Wildman–Crippen LogP) is 2.73. The van der Waals surface area contributed by atoms with Gasteiger partial charge in [-0.1, -0.05) is 17.7 Å². The van der Waals surface area contributed by atoms with E-state index in [9.17, 15) is 4.79 Å². The molecule has 0 heterocycles. The highest BCUT2D eigenvalue weighted by Crippen LogP contribution is 2.10. The van der Waals surface area contributed by atoms with E-state index in [1.54, 1.807) is 0 Å². The Kier molecular flexibility index (Phi) is 5.22. The average molecular weight is 230 g/mol. The number of carbonyl (C=O) groups is 1. The number of hydrogen-bond acceptors (Lipinski definition) is 2. The third-order valence-corrected chi connectivity index (χ3v) is 2.63. The number of nitrogens with zero attached hydrogens (tertiary/aromatic N) is 1. The molecule has 0 aliphatic rings. The normalized spacial score (nSPS) is 9.71. The molecule has 0 saturated carbocycles. The lowest BCUT2D eigenvalue weighted by Crippen LogP contribution is -2.25. The van der Waals surface area contributed by atoms with Crippen LogP contribution in [0, 0.1) is 25.2 Å². The molecule has 0 atom stereocenters. The van der Waals surface area contributed by atoms with Gasteiger partial charge in [-0.2, -0.15) is 5.26 Å². The van der Waals surface area contributed by atoms with E-state index in [4.69, 9.17) is 5.26 Å². The summed E-state index contributed by atoms with van der Waals surface area (Å²) >= 11 is 0. The van der Waals surface area contributed by atoms with Gasteiger partial charge in [0.1, 0.15) is 0 Å². The Morgan fingerprint density at radius 1 is 1.35 bits per heavy atom. The van der Waals surface area contributed by atoms with Gasteiger partial charge >= 0.3 is 0 Å². The van der Waals surface area contributed by atoms with Crippen molar-refractivity contribution in [2.24, 2.45) is 0 Å². The molecule has 0 aliphatic heterocycles. The van der Waals surface area contributed by atoms with E-state index in [2.05, 4.69) is 11.4 Å². The molecule has 0 aliphatic carbocycles. The van der Waals surface area contributed by atoms with Crippen LogP contribution in [0.2, 0.25) is 0 Å². The van der Waals surface area contributed by atoms with Gasteiger partial charge in [0.15, 0.2) is 0 Å². The monoisotopic (exact) mass is 230 g/mol. The number of unbranched alkanes of at least 4 members (excludes halogenated alkanes) is 2. The number of hydrogen-bond donors (Lipinski definition) is 1. The minimum atomic E-state index is -0.0283. The molecule has 1 aromatic rings. The summed E-state index contributed by atoms with van der Waals surface area (Å²) in [7, 11) is 0. The SMILES string of the molecule is Cc1ccc(C(=O)NCCCCC#N)c(C)c1. The molecule has 3 nitrogen and oxygen atoms in total. The molecule has 0 aromatic heterocycles. The zero-order valence-corrected chi connectivity index (χ0v) is 10.4. The summed E-state index contributed by atoms with van der Waals surface area (Å²) in [6.45, 7) is 4.59. The zero-order chi connectivity index (χ0) is 12.7. The summed E-state index contributed by atoms with van der Waals surface area (Å²) in [5.74, 6) is -0.0283. The molecule has 0 spiro atoms. The van der Waals surface area contributed by atoms with Crippen LogP contribution in [-0.2, 0) is 0 Å². The van der Waals surface area contributed by atoms with Crippen LogP contribution in [0.15, 0.2) is 18.2 Å². The summed E-state index contributed by atoms with van der Waals surface area (Å²) in [5, 5.41) is 11.2. The topological polar surface area (TPSA) is 52.9 Å². The van der Waals surface area contributed by atoms with E-state index in [1.807, 2.05) is 32.0 Å². The second-order valence-electron chi connectivity index (χ2n) is 4.19. The molecular weight excluding hydrogens is 212 g/mol. The van der Waals surface area contributed by atoms with Gasteiger partial charge in [0.25, 0.3) is 5.91 Å². The highest BCUT2D eigenvalue weighted by atomic mass is 16.1. The van der Waals surface area contributed by atoms with Gasteiger partial charge in [-0.3, -0.25) is 4.79 Å². The van der Waals surface area contributed by atoms with E-state index in [0.717, 1.165) is 29.5 Å². The van der Waals surface area contributed by atoms with E-state index in [0.29, 0.717) is 13.0 Å². The molecule has 1 rings (SSSR count). The molecule has 90 valence electrons. The minimum absolute atomic E-state index is 0.0283. The number of aryl methyl sites for hydroxylation is 2. The van der Waals surface area contributed by atoms with E-state index in [-0.39, 0.29) is 5.91 Å². The van der Waals surface area contributed by atoms with Crippen molar-refractivity contribution in [1.29, 1.82) is 5.26 Å². The third-order valence-electron chi connectivity index (χ3n) is 2.63. The maximum atomic E-state index is 11.8. The van der Waals surface area contributed by atoms with E-state index in [1.165, 1.54) is 0 Å². The second-order valence-corrected chi connectivity index (χ2v) is 4.19. The highest BCUT2D eigenvalue weighted by Gasteiger charge is 2.07. The Morgan fingerprint density at radius 2 is 2.12 bits per heavy atom. The maximum absolute atomic E-state index is 11.8. The molecule has 0 radical (unpaired) electrons. The van der Waals surface area contributed by atoms with Crippen molar-refractivity contribution >= 4 is 5.91 Å². The fourth-order valence-electron chi connectivity index (χ4n) is 1.69. The van der Waals surface area contributed by atoms with Crippen LogP contribution in [0.5, 0.6) is 0 Å². The first-order valence-electron chi connectivity index (χ1n) is 5.87. The lowest BCUT2D eigenvalue weighted by atomic mass is 10.1. The summed E-state index contributed by atoms with van der Waals surface area (Å²) in [6, 6.07) is 7.89. The highest BCUT2D eigenvalue weighted by molar-refractivity contribution is 5.95. The van der Waals surface area contributed by atoms with Gasteiger partial charge in [0, 0.05) is 18.5 Å².